The number of carbonyl (C=O) groups is 1. The van der Waals surface area contributed by atoms with Crippen LogP contribution >= 0.6 is 0 Å². The van der Waals surface area contributed by atoms with Crippen LogP contribution in [-0.2, 0) is 9.47 Å². The molecule has 0 amide bonds. The quantitative estimate of drug-likeness (QED) is 0.262. The van der Waals surface area contributed by atoms with Gasteiger partial charge < -0.3 is 13.9 Å². The average Bonchev–Trinajstić information content (AvgIpc) is 3.06. The summed E-state index contributed by atoms with van der Waals surface area (Å²) < 4.78 is 78.9. The van der Waals surface area contributed by atoms with Gasteiger partial charge in [-0.2, -0.15) is 22.0 Å². The summed E-state index contributed by atoms with van der Waals surface area (Å²) in [6.45, 7) is 1.55. The number of hydrogen-bond donors (Lipinski definition) is 0. The number of halogens is 5. The highest BCUT2D eigenvalue weighted by Gasteiger charge is 2.60. The standard InChI is InChI=1S/C17H23F5O4/c1-2-3-4-5-6-7-8-11-25-15(16(18,19)20)17(21,22)26-14(23)13-10-9-12-24-13/h9-10,12,15H,2-8,11H2,1H3. The van der Waals surface area contributed by atoms with E-state index in [0.29, 0.717) is 6.42 Å². The Kier molecular flexibility index (Phi) is 9.04. The molecule has 0 bridgehead atoms. The molecule has 1 aromatic rings. The van der Waals surface area contributed by atoms with Crippen LogP contribution < -0.4 is 0 Å². The predicted molar refractivity (Wildman–Crippen MR) is 82.9 cm³/mol. The van der Waals surface area contributed by atoms with Gasteiger partial charge in [0.2, 0.25) is 5.76 Å². The first-order valence-electron chi connectivity index (χ1n) is 8.51. The molecule has 1 aromatic heterocycles. The van der Waals surface area contributed by atoms with Crippen molar-refractivity contribution in [2.45, 2.75) is 70.3 Å². The lowest BCUT2D eigenvalue weighted by Gasteiger charge is -2.27. The molecule has 0 N–H and O–H groups in total. The topological polar surface area (TPSA) is 48.7 Å². The molecule has 1 atom stereocenters. The molecule has 0 aliphatic rings. The van der Waals surface area contributed by atoms with E-state index in [1.54, 1.807) is 0 Å². The van der Waals surface area contributed by atoms with Crippen LogP contribution in [0.4, 0.5) is 22.0 Å². The lowest BCUT2D eigenvalue weighted by Crippen LogP contribution is -2.49. The number of esters is 1. The van der Waals surface area contributed by atoms with Crippen LogP contribution in [-0.4, -0.2) is 31.0 Å². The smallest absolute Gasteiger partial charge is 0.436 e. The van der Waals surface area contributed by atoms with Gasteiger partial charge in [-0.25, -0.2) is 4.79 Å². The van der Waals surface area contributed by atoms with E-state index in [1.807, 2.05) is 0 Å². The largest absolute Gasteiger partial charge is 0.457 e. The Balaban J connectivity index is 2.50. The Morgan fingerprint density at radius 2 is 1.69 bits per heavy atom. The Hall–Kier alpha value is -1.64. The molecule has 150 valence electrons. The minimum atomic E-state index is -5.39. The van der Waals surface area contributed by atoms with E-state index in [1.165, 1.54) is 6.07 Å². The number of carbonyl (C=O) groups excluding carboxylic acids is 1. The average molecular weight is 386 g/mol. The molecule has 1 rings (SSSR count). The molecule has 0 aliphatic heterocycles. The first-order valence-corrected chi connectivity index (χ1v) is 8.51. The third kappa shape index (κ3) is 7.72. The number of alkyl halides is 5. The fourth-order valence-electron chi connectivity index (χ4n) is 2.26. The molecule has 0 saturated heterocycles. The van der Waals surface area contributed by atoms with Gasteiger partial charge in [0.25, 0.3) is 6.10 Å². The lowest BCUT2D eigenvalue weighted by atomic mass is 10.1. The predicted octanol–water partition coefficient (Wildman–Crippen LogP) is 5.73. The van der Waals surface area contributed by atoms with Gasteiger partial charge in [-0.3, -0.25) is 0 Å². The molecule has 1 heterocycles. The SMILES string of the molecule is CCCCCCCCCOC(C(F)(F)F)C(F)(F)OC(=O)c1ccco1. The van der Waals surface area contributed by atoms with Crippen LogP contribution in [0.25, 0.3) is 0 Å². The van der Waals surface area contributed by atoms with Crippen molar-refractivity contribution in [3.05, 3.63) is 24.2 Å². The summed E-state index contributed by atoms with van der Waals surface area (Å²) in [6.07, 6.45) is -7.09. The fraction of sp³-hybridized carbons (Fsp3) is 0.706. The van der Waals surface area contributed by atoms with Crippen molar-refractivity contribution in [1.82, 2.24) is 0 Å². The van der Waals surface area contributed by atoms with Crippen molar-refractivity contribution < 1.29 is 40.6 Å². The normalized spacial score (nSPS) is 13.6. The molecule has 0 fully saturated rings. The molecule has 0 aromatic carbocycles. The molecule has 0 saturated carbocycles. The van der Waals surface area contributed by atoms with E-state index < -0.39 is 36.7 Å². The number of hydrogen-bond acceptors (Lipinski definition) is 4. The zero-order valence-electron chi connectivity index (χ0n) is 14.5. The minimum absolute atomic E-state index is 0.209. The van der Waals surface area contributed by atoms with Gasteiger partial charge in [0.05, 0.1) is 6.26 Å². The van der Waals surface area contributed by atoms with Gasteiger partial charge in [0.15, 0.2) is 0 Å². The lowest BCUT2D eigenvalue weighted by molar-refractivity contribution is -0.346. The van der Waals surface area contributed by atoms with Crippen molar-refractivity contribution in [2.24, 2.45) is 0 Å². The summed E-state index contributed by atoms with van der Waals surface area (Å²) in [7, 11) is 0. The first kappa shape index (κ1) is 22.4. The van der Waals surface area contributed by atoms with E-state index in [9.17, 15) is 26.7 Å². The molecule has 0 radical (unpaired) electrons. The Morgan fingerprint density at radius 3 is 2.23 bits per heavy atom. The van der Waals surface area contributed by atoms with Crippen molar-refractivity contribution in [3.8, 4) is 0 Å². The van der Waals surface area contributed by atoms with Crippen molar-refractivity contribution in [3.63, 3.8) is 0 Å². The Morgan fingerprint density at radius 1 is 1.08 bits per heavy atom. The third-order valence-electron chi connectivity index (χ3n) is 3.59. The number of furan rings is 1. The van der Waals surface area contributed by atoms with Gasteiger partial charge >= 0.3 is 18.3 Å². The van der Waals surface area contributed by atoms with Gasteiger partial charge in [-0.1, -0.05) is 45.4 Å². The zero-order chi connectivity index (χ0) is 19.6. The van der Waals surface area contributed by atoms with Crippen LogP contribution in [0.2, 0.25) is 0 Å². The Bertz CT molecular complexity index is 514. The monoisotopic (exact) mass is 386 g/mol. The second kappa shape index (κ2) is 10.5. The maximum atomic E-state index is 13.8. The van der Waals surface area contributed by atoms with E-state index in [2.05, 4.69) is 20.8 Å². The van der Waals surface area contributed by atoms with Gasteiger partial charge in [-0.05, 0) is 18.6 Å². The second-order valence-corrected chi connectivity index (χ2v) is 5.84. The molecule has 26 heavy (non-hydrogen) atoms. The number of ether oxygens (including phenoxy) is 2. The molecule has 9 heteroatoms. The molecule has 0 spiro atoms. The van der Waals surface area contributed by atoms with Crippen LogP contribution in [0.1, 0.15) is 62.4 Å². The molecular formula is C17H23F5O4. The number of unbranched alkanes of at least 4 members (excludes halogenated alkanes) is 6. The summed E-state index contributed by atoms with van der Waals surface area (Å²) in [5.74, 6) is -2.33. The van der Waals surface area contributed by atoms with Crippen LogP contribution in [0.5, 0.6) is 0 Å². The minimum Gasteiger partial charge on any atom is -0.457 e. The maximum Gasteiger partial charge on any atom is 0.436 e. The van der Waals surface area contributed by atoms with Gasteiger partial charge in [0.1, 0.15) is 0 Å². The summed E-state index contributed by atoms with van der Waals surface area (Å²) in [4.78, 5) is 11.4. The number of rotatable bonds is 12. The summed E-state index contributed by atoms with van der Waals surface area (Å²) in [6, 6.07) is 2.22. The fourth-order valence-corrected chi connectivity index (χ4v) is 2.26. The van der Waals surface area contributed by atoms with Crippen molar-refractivity contribution in [2.75, 3.05) is 6.61 Å². The highest BCUT2D eigenvalue weighted by molar-refractivity contribution is 5.86. The van der Waals surface area contributed by atoms with Crippen molar-refractivity contribution >= 4 is 5.97 Å². The van der Waals surface area contributed by atoms with Gasteiger partial charge in [-0.15, -0.1) is 0 Å². The van der Waals surface area contributed by atoms with E-state index in [0.717, 1.165) is 44.4 Å². The second-order valence-electron chi connectivity index (χ2n) is 5.84. The Labute approximate surface area is 148 Å². The molecule has 0 aliphatic carbocycles. The molecule has 4 nitrogen and oxygen atoms in total. The molecular weight excluding hydrogens is 363 g/mol. The van der Waals surface area contributed by atoms with Crippen LogP contribution in [0, 0.1) is 0 Å². The first-order chi connectivity index (χ1) is 12.2. The molecule has 1 unspecified atom stereocenters. The van der Waals surface area contributed by atoms with E-state index >= 15 is 0 Å². The third-order valence-corrected chi connectivity index (χ3v) is 3.59. The van der Waals surface area contributed by atoms with Crippen LogP contribution in [0.3, 0.4) is 0 Å². The summed E-state index contributed by atoms with van der Waals surface area (Å²) in [5, 5.41) is 0. The highest BCUT2D eigenvalue weighted by atomic mass is 19.4. The summed E-state index contributed by atoms with van der Waals surface area (Å²) in [5.41, 5.74) is 0. The zero-order valence-corrected chi connectivity index (χ0v) is 14.5. The maximum absolute atomic E-state index is 13.8. The van der Waals surface area contributed by atoms with Gasteiger partial charge in [0, 0.05) is 6.61 Å². The van der Waals surface area contributed by atoms with E-state index in [4.69, 9.17) is 0 Å². The summed E-state index contributed by atoms with van der Waals surface area (Å²) >= 11 is 0. The van der Waals surface area contributed by atoms with Crippen LogP contribution in [0.15, 0.2) is 22.8 Å². The highest BCUT2D eigenvalue weighted by Crippen LogP contribution is 2.36. The van der Waals surface area contributed by atoms with E-state index in [-0.39, 0.29) is 6.42 Å². The van der Waals surface area contributed by atoms with Crippen molar-refractivity contribution in [1.29, 1.82) is 0 Å².